The van der Waals surface area contributed by atoms with Gasteiger partial charge in [0.05, 0.1) is 18.0 Å². The molecule has 4 atom stereocenters. The van der Waals surface area contributed by atoms with E-state index in [-0.39, 0.29) is 17.9 Å². The van der Waals surface area contributed by atoms with Crippen molar-refractivity contribution >= 4 is 17.1 Å². The number of hydrogen-bond donors (Lipinski definition) is 0. The van der Waals surface area contributed by atoms with Crippen LogP contribution in [0.25, 0.3) is 22.6 Å². The molecule has 0 radical (unpaired) electrons. The standard InChI is InChI=1S/C23H28N8O2/c1-3-31-20(16-8-24-14(2)25-9-16)28-19-21(31)26-13-27-22(19)33-17-5-7-30(11-17)23(32)18-12-29-6-4-15(18)10-29/h8-9,13,15,17-18H,3-7,10-12H2,1-2H3/t15-,17-,18+/m0/s1. The number of amides is 1. The van der Waals surface area contributed by atoms with Crippen molar-refractivity contribution < 1.29 is 9.53 Å². The third kappa shape index (κ3) is 3.52. The van der Waals surface area contributed by atoms with Gasteiger partial charge in [-0.05, 0) is 32.7 Å². The van der Waals surface area contributed by atoms with Crippen molar-refractivity contribution in [3.63, 3.8) is 0 Å². The highest BCUT2D eigenvalue weighted by Gasteiger charge is 2.44. The third-order valence-corrected chi connectivity index (χ3v) is 7.24. The summed E-state index contributed by atoms with van der Waals surface area (Å²) < 4.78 is 8.32. The largest absolute Gasteiger partial charge is 0.471 e. The molecule has 0 spiro atoms. The molecule has 1 unspecified atom stereocenters. The molecule has 3 aliphatic rings. The van der Waals surface area contributed by atoms with Gasteiger partial charge in [0.1, 0.15) is 24.1 Å². The van der Waals surface area contributed by atoms with Gasteiger partial charge in [-0.2, -0.15) is 4.98 Å². The topological polar surface area (TPSA) is 102 Å². The molecule has 33 heavy (non-hydrogen) atoms. The molecule has 0 aliphatic carbocycles. The summed E-state index contributed by atoms with van der Waals surface area (Å²) in [5.74, 6) is 2.89. The Kier molecular flexibility index (Phi) is 4.97. The number of carbonyl (C=O) groups is 1. The zero-order chi connectivity index (χ0) is 22.5. The molecule has 1 amide bonds. The molecule has 6 heterocycles. The van der Waals surface area contributed by atoms with Crippen molar-refractivity contribution in [2.75, 3.05) is 32.7 Å². The Hall–Kier alpha value is -3.14. The summed E-state index contributed by atoms with van der Waals surface area (Å²) in [7, 11) is 0. The Morgan fingerprint density at radius 3 is 2.67 bits per heavy atom. The second kappa shape index (κ2) is 8.02. The van der Waals surface area contributed by atoms with Crippen molar-refractivity contribution in [1.29, 1.82) is 0 Å². The van der Waals surface area contributed by atoms with Gasteiger partial charge in [0.2, 0.25) is 11.8 Å². The number of hydrogen-bond acceptors (Lipinski definition) is 8. The van der Waals surface area contributed by atoms with E-state index in [1.54, 1.807) is 12.4 Å². The molecule has 10 heteroatoms. The Morgan fingerprint density at radius 1 is 1.09 bits per heavy atom. The van der Waals surface area contributed by atoms with Crippen LogP contribution in [-0.2, 0) is 11.3 Å². The van der Waals surface area contributed by atoms with E-state index in [1.807, 2.05) is 16.4 Å². The molecule has 3 saturated heterocycles. The molecule has 3 aliphatic heterocycles. The molecule has 2 bridgehead atoms. The average Bonchev–Trinajstić information content (AvgIpc) is 3.62. The van der Waals surface area contributed by atoms with Crippen LogP contribution < -0.4 is 4.74 Å². The van der Waals surface area contributed by atoms with Gasteiger partial charge in [0.25, 0.3) is 0 Å². The fourth-order valence-electron chi connectivity index (χ4n) is 5.51. The molecule has 6 rings (SSSR count). The van der Waals surface area contributed by atoms with E-state index in [2.05, 4.69) is 31.8 Å². The van der Waals surface area contributed by atoms with Crippen LogP contribution in [0.3, 0.4) is 0 Å². The van der Waals surface area contributed by atoms with Crippen LogP contribution in [0.1, 0.15) is 25.6 Å². The average molecular weight is 449 g/mol. The third-order valence-electron chi connectivity index (χ3n) is 7.24. The monoisotopic (exact) mass is 448 g/mol. The predicted octanol–water partition coefficient (Wildman–Crippen LogP) is 1.54. The maximum absolute atomic E-state index is 13.1. The number of rotatable bonds is 5. The highest BCUT2D eigenvalue weighted by atomic mass is 16.5. The number of aryl methyl sites for hydroxylation is 2. The predicted molar refractivity (Wildman–Crippen MR) is 120 cm³/mol. The first-order chi connectivity index (χ1) is 16.1. The first-order valence-electron chi connectivity index (χ1n) is 11.8. The Bertz CT molecular complexity index is 1190. The lowest BCUT2D eigenvalue weighted by atomic mass is 9.91. The number of imidazole rings is 1. The minimum atomic E-state index is -0.0936. The normalized spacial score (nSPS) is 26.4. The summed E-state index contributed by atoms with van der Waals surface area (Å²) in [6.07, 6.45) is 6.92. The molecule has 10 nitrogen and oxygen atoms in total. The molecule has 0 aromatic carbocycles. The Labute approximate surface area is 192 Å². The first kappa shape index (κ1) is 20.5. The van der Waals surface area contributed by atoms with Crippen molar-refractivity contribution in [2.45, 2.75) is 39.3 Å². The lowest BCUT2D eigenvalue weighted by Crippen LogP contribution is -2.40. The van der Waals surface area contributed by atoms with Crippen LogP contribution >= 0.6 is 0 Å². The van der Waals surface area contributed by atoms with Gasteiger partial charge in [-0.15, -0.1) is 0 Å². The van der Waals surface area contributed by atoms with Gasteiger partial charge in [-0.3, -0.25) is 4.79 Å². The zero-order valence-electron chi connectivity index (χ0n) is 19.0. The summed E-state index contributed by atoms with van der Waals surface area (Å²) in [5, 5.41) is 0. The van der Waals surface area contributed by atoms with E-state index >= 15 is 0 Å². The minimum Gasteiger partial charge on any atom is -0.471 e. The van der Waals surface area contributed by atoms with Gasteiger partial charge >= 0.3 is 0 Å². The first-order valence-corrected chi connectivity index (χ1v) is 11.8. The number of ether oxygens (including phenoxy) is 1. The summed E-state index contributed by atoms with van der Waals surface area (Å²) >= 11 is 0. The van der Waals surface area contributed by atoms with Crippen LogP contribution in [0.15, 0.2) is 18.7 Å². The number of carbonyl (C=O) groups excluding carboxylic acids is 1. The SMILES string of the molecule is CCn1c(-c2cnc(C)nc2)nc2c(O[C@H]3CCN(C(=O)[C@@H]4CN5CC[C@H]4C5)C3)ncnc21. The van der Waals surface area contributed by atoms with Gasteiger partial charge in [-0.25, -0.2) is 19.9 Å². The van der Waals surface area contributed by atoms with Crippen molar-refractivity contribution in [3.05, 3.63) is 24.5 Å². The number of likely N-dealkylation sites (tertiary alicyclic amines) is 1. The van der Waals surface area contributed by atoms with E-state index in [0.717, 1.165) is 56.1 Å². The van der Waals surface area contributed by atoms with Crippen LogP contribution in [0.2, 0.25) is 0 Å². The number of aromatic nitrogens is 6. The second-order valence-electron chi connectivity index (χ2n) is 9.28. The maximum Gasteiger partial charge on any atom is 0.245 e. The van der Waals surface area contributed by atoms with Crippen LogP contribution in [0, 0.1) is 18.8 Å². The zero-order valence-corrected chi connectivity index (χ0v) is 19.0. The highest BCUT2D eigenvalue weighted by Crippen LogP contribution is 2.35. The van der Waals surface area contributed by atoms with Crippen LogP contribution in [0.4, 0.5) is 0 Å². The second-order valence-corrected chi connectivity index (χ2v) is 9.28. The number of piperidine rings is 1. The summed E-state index contributed by atoms with van der Waals surface area (Å²) in [5.41, 5.74) is 2.17. The summed E-state index contributed by atoms with van der Waals surface area (Å²) in [6, 6.07) is 0. The molecule has 0 saturated carbocycles. The van der Waals surface area contributed by atoms with E-state index < -0.39 is 0 Å². The molecular formula is C23H28N8O2. The fraction of sp³-hybridized carbons (Fsp3) is 0.565. The highest BCUT2D eigenvalue weighted by molar-refractivity contribution is 5.81. The van der Waals surface area contributed by atoms with Crippen molar-refractivity contribution in [3.8, 4) is 17.3 Å². The Morgan fingerprint density at radius 2 is 1.94 bits per heavy atom. The molecular weight excluding hydrogens is 420 g/mol. The van der Waals surface area contributed by atoms with E-state index in [9.17, 15) is 4.79 Å². The van der Waals surface area contributed by atoms with Gasteiger partial charge in [-0.1, -0.05) is 0 Å². The van der Waals surface area contributed by atoms with Crippen molar-refractivity contribution in [1.82, 2.24) is 39.3 Å². The van der Waals surface area contributed by atoms with Gasteiger partial charge in [0, 0.05) is 45.0 Å². The van der Waals surface area contributed by atoms with E-state index in [1.165, 1.54) is 6.33 Å². The summed E-state index contributed by atoms with van der Waals surface area (Å²) in [6.45, 7) is 9.07. The van der Waals surface area contributed by atoms with E-state index in [4.69, 9.17) is 9.72 Å². The van der Waals surface area contributed by atoms with Gasteiger partial charge in [0.15, 0.2) is 11.2 Å². The quantitative estimate of drug-likeness (QED) is 0.579. The lowest BCUT2D eigenvalue weighted by molar-refractivity contribution is -0.136. The van der Waals surface area contributed by atoms with Crippen LogP contribution in [0.5, 0.6) is 5.88 Å². The molecule has 3 aromatic rings. The molecule has 0 N–H and O–H groups in total. The molecule has 3 fully saturated rings. The van der Waals surface area contributed by atoms with Crippen molar-refractivity contribution in [2.24, 2.45) is 11.8 Å². The maximum atomic E-state index is 13.1. The minimum absolute atomic E-state index is 0.0936. The van der Waals surface area contributed by atoms with E-state index in [0.29, 0.717) is 36.2 Å². The summed E-state index contributed by atoms with van der Waals surface area (Å²) in [4.78, 5) is 39.8. The molecule has 3 aromatic heterocycles. The smallest absolute Gasteiger partial charge is 0.245 e. The number of nitrogens with zero attached hydrogens (tertiary/aromatic N) is 8. The van der Waals surface area contributed by atoms with Gasteiger partial charge < -0.3 is 19.1 Å². The fourth-order valence-corrected chi connectivity index (χ4v) is 5.51. The Balaban J connectivity index is 1.22. The number of fused-ring (bicyclic) bond motifs is 3. The van der Waals surface area contributed by atoms with Crippen LogP contribution in [-0.4, -0.2) is 84.0 Å². The lowest BCUT2D eigenvalue weighted by Gasteiger charge is -2.26. The molecule has 172 valence electrons.